The Hall–Kier alpha value is -1.79. The molecule has 136 valence electrons. The number of halogens is 2. The van der Waals surface area contributed by atoms with Crippen molar-refractivity contribution in [3.63, 3.8) is 0 Å². The van der Waals surface area contributed by atoms with Gasteiger partial charge in [-0.15, -0.1) is 0 Å². The van der Waals surface area contributed by atoms with E-state index in [1.165, 1.54) is 6.07 Å². The molecular formula is C17H20Cl2N2O4. The van der Waals surface area contributed by atoms with E-state index in [0.717, 1.165) is 0 Å². The minimum atomic E-state index is -0.775. The third kappa shape index (κ3) is 4.86. The maximum absolute atomic E-state index is 12.6. The van der Waals surface area contributed by atoms with Crippen LogP contribution in [0.25, 0.3) is 0 Å². The summed E-state index contributed by atoms with van der Waals surface area (Å²) in [4.78, 5) is 29.5. The Morgan fingerprint density at radius 2 is 2.12 bits per heavy atom. The Balaban J connectivity index is 2.10. The number of benzene rings is 1. The minimum Gasteiger partial charge on any atom is -0.463 e. The highest BCUT2D eigenvalue weighted by Gasteiger charge is 2.35. The largest absolute Gasteiger partial charge is 0.463 e. The lowest BCUT2D eigenvalue weighted by molar-refractivity contribution is -0.154. The molecule has 1 amide bonds. The number of hydrogen-bond acceptors (Lipinski definition) is 5. The molecule has 0 aliphatic carbocycles. The van der Waals surface area contributed by atoms with Gasteiger partial charge in [0.2, 0.25) is 6.10 Å². The first-order valence-electron chi connectivity index (χ1n) is 7.98. The van der Waals surface area contributed by atoms with Gasteiger partial charge in [0.05, 0.1) is 28.9 Å². The van der Waals surface area contributed by atoms with E-state index in [-0.39, 0.29) is 30.4 Å². The van der Waals surface area contributed by atoms with Crippen molar-refractivity contribution in [2.24, 2.45) is 11.1 Å². The Morgan fingerprint density at radius 1 is 1.40 bits per heavy atom. The van der Waals surface area contributed by atoms with Gasteiger partial charge in [-0.05, 0) is 31.0 Å². The van der Waals surface area contributed by atoms with E-state index < -0.39 is 18.1 Å². The van der Waals surface area contributed by atoms with Crippen molar-refractivity contribution in [2.75, 3.05) is 6.61 Å². The van der Waals surface area contributed by atoms with Crippen LogP contribution in [0.2, 0.25) is 10.0 Å². The Kier molecular flexibility index (Phi) is 6.67. The van der Waals surface area contributed by atoms with Gasteiger partial charge in [-0.1, -0.05) is 42.2 Å². The normalized spacial score (nSPS) is 17.7. The molecule has 0 saturated carbocycles. The van der Waals surface area contributed by atoms with Crippen LogP contribution in [0.3, 0.4) is 0 Å². The monoisotopic (exact) mass is 386 g/mol. The third-order valence-electron chi connectivity index (χ3n) is 3.73. The van der Waals surface area contributed by atoms with Crippen LogP contribution in [0.4, 0.5) is 0 Å². The number of ether oxygens (including phenoxy) is 1. The van der Waals surface area contributed by atoms with Gasteiger partial charge in [-0.25, -0.2) is 4.79 Å². The van der Waals surface area contributed by atoms with Crippen LogP contribution in [0.1, 0.15) is 37.6 Å². The van der Waals surface area contributed by atoms with Crippen molar-refractivity contribution in [2.45, 2.75) is 39.3 Å². The van der Waals surface area contributed by atoms with E-state index in [2.05, 4.69) is 10.5 Å². The average Bonchev–Trinajstić information content (AvgIpc) is 3.04. The van der Waals surface area contributed by atoms with Crippen LogP contribution in [0.5, 0.6) is 0 Å². The zero-order chi connectivity index (χ0) is 18.6. The van der Waals surface area contributed by atoms with Crippen LogP contribution < -0.4 is 5.32 Å². The van der Waals surface area contributed by atoms with Gasteiger partial charge in [-0.2, -0.15) is 0 Å². The van der Waals surface area contributed by atoms with Gasteiger partial charge < -0.3 is 14.9 Å². The maximum atomic E-state index is 12.6. The molecule has 1 aromatic carbocycles. The predicted molar refractivity (Wildman–Crippen MR) is 96.1 cm³/mol. The van der Waals surface area contributed by atoms with Crippen molar-refractivity contribution in [1.29, 1.82) is 0 Å². The van der Waals surface area contributed by atoms with Gasteiger partial charge >= 0.3 is 5.97 Å². The number of rotatable bonds is 6. The number of amides is 1. The lowest BCUT2D eigenvalue weighted by Crippen LogP contribution is -2.44. The lowest BCUT2D eigenvalue weighted by atomic mass is 9.95. The molecule has 0 spiro atoms. The second kappa shape index (κ2) is 8.54. The minimum absolute atomic E-state index is 0.0326. The van der Waals surface area contributed by atoms with Gasteiger partial charge in [0.25, 0.3) is 5.91 Å². The van der Waals surface area contributed by atoms with Crippen LogP contribution in [-0.2, 0) is 14.4 Å². The quantitative estimate of drug-likeness (QED) is 0.759. The highest BCUT2D eigenvalue weighted by atomic mass is 35.5. The molecule has 2 rings (SSSR count). The topological polar surface area (TPSA) is 77.0 Å². The Labute approximate surface area is 156 Å². The average molecular weight is 387 g/mol. The summed E-state index contributed by atoms with van der Waals surface area (Å²) < 4.78 is 4.94. The Morgan fingerprint density at radius 3 is 2.76 bits per heavy atom. The molecule has 1 aliphatic heterocycles. The van der Waals surface area contributed by atoms with Crippen molar-refractivity contribution < 1.29 is 19.2 Å². The summed E-state index contributed by atoms with van der Waals surface area (Å²) in [6.45, 7) is 5.86. The number of esters is 1. The summed E-state index contributed by atoms with van der Waals surface area (Å²) >= 11 is 12.0. The predicted octanol–water partition coefficient (Wildman–Crippen LogP) is 3.46. The molecular weight excluding hydrogens is 367 g/mol. The molecule has 0 saturated heterocycles. The molecule has 1 N–H and O–H groups in total. The van der Waals surface area contributed by atoms with Crippen molar-refractivity contribution >= 4 is 40.8 Å². The number of hydrogen-bond donors (Lipinski definition) is 1. The first-order valence-corrected chi connectivity index (χ1v) is 8.74. The van der Waals surface area contributed by atoms with E-state index in [9.17, 15) is 9.59 Å². The summed E-state index contributed by atoms with van der Waals surface area (Å²) in [5, 5.41) is 7.58. The molecule has 0 radical (unpaired) electrons. The molecule has 1 aliphatic rings. The van der Waals surface area contributed by atoms with Crippen LogP contribution in [-0.4, -0.2) is 36.3 Å². The smallest absolute Gasteiger partial charge is 0.350 e. The van der Waals surface area contributed by atoms with Gasteiger partial charge in [0, 0.05) is 11.4 Å². The molecule has 2 atom stereocenters. The molecule has 1 heterocycles. The molecule has 8 heteroatoms. The first-order chi connectivity index (χ1) is 11.8. The zero-order valence-corrected chi connectivity index (χ0v) is 15.7. The standard InChI is InChI=1S/C17H20Cl2N2O4/c1-4-24-17(23)14-8-13(21-25-14)15(9(2)3)20-16(22)11-7-10(18)5-6-12(11)19/h5-7,9,14-15H,4,8H2,1-3H3,(H,20,22)/t14?,15-/m0/s1. The van der Waals surface area contributed by atoms with E-state index in [1.54, 1.807) is 19.1 Å². The second-order valence-electron chi connectivity index (χ2n) is 5.95. The van der Waals surface area contributed by atoms with E-state index in [0.29, 0.717) is 15.8 Å². The fourth-order valence-corrected chi connectivity index (χ4v) is 2.84. The molecule has 0 bridgehead atoms. The zero-order valence-electron chi connectivity index (χ0n) is 14.2. The van der Waals surface area contributed by atoms with E-state index in [1.807, 2.05) is 13.8 Å². The molecule has 25 heavy (non-hydrogen) atoms. The SMILES string of the molecule is CCOC(=O)C1CC([C@@H](NC(=O)c2cc(Cl)ccc2Cl)C(C)C)=NO1. The number of nitrogens with zero attached hydrogens (tertiary/aromatic N) is 1. The highest BCUT2D eigenvalue weighted by molar-refractivity contribution is 6.35. The molecule has 1 aromatic rings. The fourth-order valence-electron chi connectivity index (χ4n) is 2.47. The summed E-state index contributed by atoms with van der Waals surface area (Å²) in [5.41, 5.74) is 0.862. The van der Waals surface area contributed by atoms with Gasteiger partial charge in [0.15, 0.2) is 0 Å². The van der Waals surface area contributed by atoms with E-state index in [4.69, 9.17) is 32.8 Å². The van der Waals surface area contributed by atoms with Crippen molar-refractivity contribution in [3.8, 4) is 0 Å². The van der Waals surface area contributed by atoms with Crippen LogP contribution >= 0.6 is 23.2 Å². The summed E-state index contributed by atoms with van der Waals surface area (Å²) in [6.07, 6.45) is -0.506. The molecule has 1 unspecified atom stereocenters. The number of carbonyl (C=O) groups is 2. The number of carbonyl (C=O) groups excluding carboxylic acids is 2. The summed E-state index contributed by atoms with van der Waals surface area (Å²) in [6, 6.07) is 4.28. The van der Waals surface area contributed by atoms with Crippen LogP contribution in [0.15, 0.2) is 23.4 Å². The fraction of sp³-hybridized carbons (Fsp3) is 0.471. The van der Waals surface area contributed by atoms with Gasteiger partial charge in [0.1, 0.15) is 0 Å². The second-order valence-corrected chi connectivity index (χ2v) is 6.80. The molecule has 0 aromatic heterocycles. The molecule has 0 fully saturated rings. The maximum Gasteiger partial charge on any atom is 0.350 e. The summed E-state index contributed by atoms with van der Waals surface area (Å²) in [5.74, 6) is -0.799. The van der Waals surface area contributed by atoms with E-state index >= 15 is 0 Å². The first kappa shape index (κ1) is 19.5. The number of oxime groups is 1. The van der Waals surface area contributed by atoms with Gasteiger partial charge in [-0.3, -0.25) is 4.79 Å². The van der Waals surface area contributed by atoms with Crippen molar-refractivity contribution in [1.82, 2.24) is 5.32 Å². The van der Waals surface area contributed by atoms with Crippen LogP contribution in [0, 0.1) is 5.92 Å². The number of nitrogens with one attached hydrogen (secondary N) is 1. The summed E-state index contributed by atoms with van der Waals surface area (Å²) in [7, 11) is 0. The highest BCUT2D eigenvalue weighted by Crippen LogP contribution is 2.22. The lowest BCUT2D eigenvalue weighted by Gasteiger charge is -2.22. The third-order valence-corrected chi connectivity index (χ3v) is 4.29. The molecule has 6 nitrogen and oxygen atoms in total. The van der Waals surface area contributed by atoms with Crippen molar-refractivity contribution in [3.05, 3.63) is 33.8 Å². The Bertz CT molecular complexity index is 691.